The highest BCUT2D eigenvalue weighted by atomic mass is 29.1. The van der Waals surface area contributed by atoms with Gasteiger partial charge >= 0.3 is 0 Å². The molecule has 1 nitrogen and oxygen atoms in total. The molecule has 0 aromatic rings. The Kier molecular flexibility index (Phi) is 8.79. The van der Waals surface area contributed by atoms with E-state index in [0.29, 0.717) is 0 Å². The first-order chi connectivity index (χ1) is 5.35. The van der Waals surface area contributed by atoms with E-state index >= 15 is 0 Å². The van der Waals surface area contributed by atoms with Gasteiger partial charge in [0.2, 0.25) is 0 Å². The van der Waals surface area contributed by atoms with E-state index in [4.69, 9.17) is 0 Å². The molecular formula is C8H23NSi2. The van der Waals surface area contributed by atoms with Crippen molar-refractivity contribution >= 4 is 19.0 Å². The molecule has 0 rings (SSSR count). The standard InChI is InChI=1S/C8H23NSi2/c1-3-5-7-9(11-10)8-6-4-2/h3-8,11H2,1-2,10H3. The van der Waals surface area contributed by atoms with Crippen molar-refractivity contribution in [3.05, 3.63) is 0 Å². The van der Waals surface area contributed by atoms with Crippen LogP contribution in [0.2, 0.25) is 0 Å². The Morgan fingerprint density at radius 2 is 1.55 bits per heavy atom. The van der Waals surface area contributed by atoms with Gasteiger partial charge < -0.3 is 4.57 Å². The Labute approximate surface area is 76.7 Å². The number of hydrogen-bond donors (Lipinski definition) is 0. The molecule has 3 heteroatoms. The predicted molar refractivity (Wildman–Crippen MR) is 59.9 cm³/mol. The minimum Gasteiger partial charge on any atom is -0.332 e. The molecule has 0 spiro atoms. The van der Waals surface area contributed by atoms with Crippen molar-refractivity contribution in [2.45, 2.75) is 39.5 Å². The predicted octanol–water partition coefficient (Wildman–Crippen LogP) is 0.253. The van der Waals surface area contributed by atoms with Gasteiger partial charge in [0.15, 0.2) is 0 Å². The van der Waals surface area contributed by atoms with Crippen molar-refractivity contribution in [2.75, 3.05) is 13.1 Å². The highest BCUT2D eigenvalue weighted by Gasteiger charge is 1.98. The van der Waals surface area contributed by atoms with E-state index in [9.17, 15) is 0 Å². The van der Waals surface area contributed by atoms with Gasteiger partial charge in [-0.05, 0) is 25.9 Å². The van der Waals surface area contributed by atoms with Crippen LogP contribution >= 0.6 is 0 Å². The van der Waals surface area contributed by atoms with Crippen molar-refractivity contribution in [2.24, 2.45) is 0 Å². The Balaban J connectivity index is 3.25. The van der Waals surface area contributed by atoms with Gasteiger partial charge in [-0.3, -0.25) is 0 Å². The average molecular weight is 189 g/mol. The third-order valence-electron chi connectivity index (χ3n) is 2.10. The second-order valence-electron chi connectivity index (χ2n) is 3.14. The normalized spacial score (nSPS) is 12.3. The van der Waals surface area contributed by atoms with Gasteiger partial charge in [0.05, 0.1) is 9.20 Å². The van der Waals surface area contributed by atoms with Crippen LogP contribution in [0, 0.1) is 0 Å². The molecule has 0 radical (unpaired) electrons. The number of nitrogens with zero attached hydrogens (tertiary/aromatic N) is 1. The Morgan fingerprint density at radius 1 is 1.09 bits per heavy atom. The summed E-state index contributed by atoms with van der Waals surface area (Å²) in [4.78, 5) is 0. The van der Waals surface area contributed by atoms with E-state index in [1.807, 2.05) is 0 Å². The molecule has 0 atom stereocenters. The maximum absolute atomic E-state index is 2.75. The fraction of sp³-hybridized carbons (Fsp3) is 1.00. The third kappa shape index (κ3) is 6.78. The molecular weight excluding hydrogens is 166 g/mol. The summed E-state index contributed by atoms with van der Waals surface area (Å²) in [6.07, 6.45) is 5.55. The van der Waals surface area contributed by atoms with Crippen LogP contribution in [0.4, 0.5) is 0 Å². The minimum absolute atomic E-state index is 0.260. The lowest BCUT2D eigenvalue weighted by Gasteiger charge is -2.19. The van der Waals surface area contributed by atoms with Crippen LogP contribution in [0.1, 0.15) is 39.5 Å². The van der Waals surface area contributed by atoms with Gasteiger partial charge in [-0.1, -0.05) is 26.7 Å². The van der Waals surface area contributed by atoms with E-state index in [1.165, 1.54) is 48.5 Å². The number of hydrogen-bond acceptors (Lipinski definition) is 1. The first-order valence-electron chi connectivity index (χ1n) is 5.07. The van der Waals surface area contributed by atoms with Crippen molar-refractivity contribution in [3.8, 4) is 0 Å². The first-order valence-corrected chi connectivity index (χ1v) is 11.4. The lowest BCUT2D eigenvalue weighted by Crippen LogP contribution is -2.30. The number of rotatable bonds is 7. The van der Waals surface area contributed by atoms with E-state index in [2.05, 4.69) is 18.4 Å². The summed E-state index contributed by atoms with van der Waals surface area (Å²) in [5.41, 5.74) is 0. The Morgan fingerprint density at radius 3 is 1.82 bits per heavy atom. The highest BCUT2D eigenvalue weighted by molar-refractivity contribution is 6.87. The quantitative estimate of drug-likeness (QED) is 0.519. The molecule has 11 heavy (non-hydrogen) atoms. The van der Waals surface area contributed by atoms with E-state index in [-0.39, 0.29) is 9.20 Å². The molecule has 0 aliphatic rings. The van der Waals surface area contributed by atoms with Crippen molar-refractivity contribution in [3.63, 3.8) is 0 Å². The molecule has 0 aromatic carbocycles. The lowest BCUT2D eigenvalue weighted by molar-refractivity contribution is 0.426. The summed E-state index contributed by atoms with van der Waals surface area (Å²) in [5, 5.41) is 0. The largest absolute Gasteiger partial charge is 0.332 e. The van der Waals surface area contributed by atoms with Crippen LogP contribution in [0.3, 0.4) is 0 Å². The molecule has 0 aromatic heterocycles. The second kappa shape index (κ2) is 8.49. The fourth-order valence-electron chi connectivity index (χ4n) is 1.19. The smallest absolute Gasteiger partial charge is 0.0756 e. The van der Waals surface area contributed by atoms with Gasteiger partial charge in [0.25, 0.3) is 0 Å². The van der Waals surface area contributed by atoms with Crippen LogP contribution in [0.15, 0.2) is 0 Å². The van der Waals surface area contributed by atoms with Gasteiger partial charge in [0.1, 0.15) is 0 Å². The van der Waals surface area contributed by atoms with Crippen LogP contribution in [-0.4, -0.2) is 36.6 Å². The molecule has 0 saturated heterocycles. The summed E-state index contributed by atoms with van der Waals surface area (Å²) < 4.78 is 2.75. The molecule has 0 saturated carbocycles. The molecule has 0 unspecified atom stereocenters. The zero-order valence-electron chi connectivity index (χ0n) is 8.40. The van der Waals surface area contributed by atoms with Crippen molar-refractivity contribution in [1.29, 1.82) is 0 Å². The first kappa shape index (κ1) is 11.4. The Hall–Kier alpha value is 0.394. The van der Waals surface area contributed by atoms with Crippen LogP contribution in [0.25, 0.3) is 0 Å². The number of unbranched alkanes of at least 4 members (excludes halogenated alkanes) is 2. The molecule has 0 amide bonds. The maximum atomic E-state index is 2.75. The molecule has 0 heterocycles. The second-order valence-corrected chi connectivity index (χ2v) is 6.57. The van der Waals surface area contributed by atoms with Crippen LogP contribution < -0.4 is 0 Å². The SMILES string of the molecule is CCCCN(CCCC)[SiH2][SiH3]. The summed E-state index contributed by atoms with van der Waals surface area (Å²) >= 11 is 0. The minimum atomic E-state index is 0.260. The molecule has 0 fully saturated rings. The third-order valence-corrected chi connectivity index (χ3v) is 6.31. The molecule has 0 N–H and O–H groups in total. The van der Waals surface area contributed by atoms with Crippen LogP contribution in [0.5, 0.6) is 0 Å². The molecule has 68 valence electrons. The average Bonchev–Trinajstić information content (AvgIpc) is 2.05. The summed E-state index contributed by atoms with van der Waals surface area (Å²) in [5.74, 6) is 0. The summed E-state index contributed by atoms with van der Waals surface area (Å²) in [7, 11) is 1.73. The topological polar surface area (TPSA) is 3.24 Å². The van der Waals surface area contributed by atoms with Gasteiger partial charge in [0, 0.05) is 9.76 Å². The molecule has 0 aliphatic heterocycles. The van der Waals surface area contributed by atoms with Gasteiger partial charge in [-0.25, -0.2) is 0 Å². The zero-order chi connectivity index (χ0) is 8.53. The maximum Gasteiger partial charge on any atom is 0.0756 e. The highest BCUT2D eigenvalue weighted by Crippen LogP contribution is 1.95. The molecule has 0 bridgehead atoms. The van der Waals surface area contributed by atoms with E-state index < -0.39 is 0 Å². The summed E-state index contributed by atoms with van der Waals surface area (Å²) in [6, 6.07) is 0. The summed E-state index contributed by atoms with van der Waals surface area (Å²) in [6.45, 7) is 7.36. The molecule has 0 aliphatic carbocycles. The van der Waals surface area contributed by atoms with Gasteiger partial charge in [-0.2, -0.15) is 0 Å². The van der Waals surface area contributed by atoms with Gasteiger partial charge in [-0.15, -0.1) is 0 Å². The van der Waals surface area contributed by atoms with Crippen molar-refractivity contribution < 1.29 is 0 Å². The van der Waals surface area contributed by atoms with Crippen LogP contribution in [-0.2, 0) is 0 Å². The van der Waals surface area contributed by atoms with E-state index in [1.54, 1.807) is 0 Å². The Bertz CT molecular complexity index is 70.5. The lowest BCUT2D eigenvalue weighted by atomic mass is 10.3. The fourth-order valence-corrected chi connectivity index (χ4v) is 4.17. The van der Waals surface area contributed by atoms with Crippen molar-refractivity contribution in [1.82, 2.24) is 4.57 Å². The monoisotopic (exact) mass is 189 g/mol. The zero-order valence-corrected chi connectivity index (χ0v) is 11.8. The van der Waals surface area contributed by atoms with E-state index in [0.717, 1.165) is 0 Å².